The summed E-state index contributed by atoms with van der Waals surface area (Å²) in [5.74, 6) is 0.860. The molecule has 0 aromatic carbocycles. The van der Waals surface area contributed by atoms with Gasteiger partial charge in [0, 0.05) is 0 Å². The third-order valence-electron chi connectivity index (χ3n) is 2.95. The largest absolute Gasteiger partial charge is 0.480 e. The molecule has 0 fully saturated rings. The maximum atomic E-state index is 11.0. The van der Waals surface area contributed by atoms with Gasteiger partial charge >= 0.3 is 5.97 Å². The summed E-state index contributed by atoms with van der Waals surface area (Å²) in [4.78, 5) is 12.9. The normalized spacial score (nSPS) is 15.1. The molecule has 1 N–H and O–H groups in total. The molecule has 4 heteroatoms. The van der Waals surface area contributed by atoms with Crippen molar-refractivity contribution < 1.29 is 14.3 Å². The van der Waals surface area contributed by atoms with Crippen molar-refractivity contribution >= 4 is 5.97 Å². The minimum atomic E-state index is -0.792. The molecule has 0 saturated carbocycles. The van der Waals surface area contributed by atoms with Crippen LogP contribution in [0.5, 0.6) is 0 Å². The predicted octanol–water partition coefficient (Wildman–Crippen LogP) is 2.44. The summed E-state index contributed by atoms with van der Waals surface area (Å²) in [5.41, 5.74) is 0. The van der Waals surface area contributed by atoms with Gasteiger partial charge in [0.1, 0.15) is 17.6 Å². The number of hydrogen-bond acceptors (Lipinski definition) is 3. The van der Waals surface area contributed by atoms with Crippen molar-refractivity contribution in [1.29, 1.82) is 0 Å². The number of furan rings is 1. The van der Waals surface area contributed by atoms with E-state index in [9.17, 15) is 4.79 Å². The fourth-order valence-electron chi connectivity index (χ4n) is 1.79. The van der Waals surface area contributed by atoms with E-state index in [0.29, 0.717) is 6.42 Å². The van der Waals surface area contributed by atoms with E-state index in [2.05, 4.69) is 0 Å². The second-order valence-electron chi connectivity index (χ2n) is 4.05. The second-order valence-corrected chi connectivity index (χ2v) is 4.05. The van der Waals surface area contributed by atoms with Crippen molar-refractivity contribution in [2.24, 2.45) is 0 Å². The van der Waals surface area contributed by atoms with Crippen LogP contribution in [0.3, 0.4) is 0 Å². The van der Waals surface area contributed by atoms with Crippen molar-refractivity contribution in [1.82, 2.24) is 4.90 Å². The van der Waals surface area contributed by atoms with Crippen LogP contribution in [0, 0.1) is 6.92 Å². The number of rotatable bonds is 5. The molecule has 4 nitrogen and oxygen atoms in total. The number of likely N-dealkylation sites (N-methyl/N-ethyl adjacent to an activating group) is 1. The van der Waals surface area contributed by atoms with Crippen molar-refractivity contribution in [3.8, 4) is 0 Å². The third-order valence-corrected chi connectivity index (χ3v) is 2.95. The van der Waals surface area contributed by atoms with Crippen LogP contribution in [0.15, 0.2) is 16.5 Å². The molecule has 0 aliphatic carbocycles. The summed E-state index contributed by atoms with van der Waals surface area (Å²) in [7, 11) is 1.81. The average molecular weight is 225 g/mol. The van der Waals surface area contributed by atoms with E-state index < -0.39 is 12.0 Å². The lowest BCUT2D eigenvalue weighted by molar-refractivity contribution is -0.143. The van der Waals surface area contributed by atoms with E-state index in [0.717, 1.165) is 11.5 Å². The van der Waals surface area contributed by atoms with Gasteiger partial charge in [0.15, 0.2) is 0 Å². The zero-order valence-corrected chi connectivity index (χ0v) is 10.2. The minimum Gasteiger partial charge on any atom is -0.480 e. The molecule has 1 aromatic rings. The first-order valence-corrected chi connectivity index (χ1v) is 5.48. The first kappa shape index (κ1) is 12.8. The molecule has 1 rings (SSSR count). The van der Waals surface area contributed by atoms with Crippen LogP contribution in [-0.2, 0) is 4.79 Å². The molecule has 0 amide bonds. The Hall–Kier alpha value is -1.29. The highest BCUT2D eigenvalue weighted by Crippen LogP contribution is 2.23. The zero-order chi connectivity index (χ0) is 12.3. The molecule has 1 aromatic heterocycles. The summed E-state index contributed by atoms with van der Waals surface area (Å²) >= 11 is 0. The smallest absolute Gasteiger partial charge is 0.320 e. The van der Waals surface area contributed by atoms with Gasteiger partial charge in [-0.05, 0) is 39.4 Å². The van der Waals surface area contributed by atoms with Gasteiger partial charge in [0.2, 0.25) is 0 Å². The SMILES string of the molecule is CCC(C(=O)O)N(C)C(C)c1ccc(C)o1. The Morgan fingerprint density at radius 1 is 1.56 bits per heavy atom. The minimum absolute atomic E-state index is 0.0326. The molecule has 0 aliphatic heterocycles. The highest BCUT2D eigenvalue weighted by atomic mass is 16.4. The fraction of sp³-hybridized carbons (Fsp3) is 0.583. The molecule has 0 aliphatic rings. The summed E-state index contributed by atoms with van der Waals surface area (Å²) in [6.45, 7) is 5.70. The van der Waals surface area contributed by atoms with E-state index in [1.807, 2.05) is 44.9 Å². The standard InChI is InChI=1S/C12H19NO3/c1-5-10(12(14)15)13(4)9(3)11-7-6-8(2)16-11/h6-7,9-10H,5H2,1-4H3,(H,14,15). The number of aliphatic carboxylic acids is 1. The van der Waals surface area contributed by atoms with Crippen molar-refractivity contribution in [3.05, 3.63) is 23.7 Å². The second kappa shape index (κ2) is 5.16. The van der Waals surface area contributed by atoms with Crippen LogP contribution in [0.1, 0.15) is 37.8 Å². The predicted molar refractivity (Wildman–Crippen MR) is 61.3 cm³/mol. The quantitative estimate of drug-likeness (QED) is 0.836. The lowest BCUT2D eigenvalue weighted by atomic mass is 10.1. The van der Waals surface area contributed by atoms with E-state index >= 15 is 0 Å². The first-order valence-electron chi connectivity index (χ1n) is 5.48. The van der Waals surface area contributed by atoms with Gasteiger partial charge in [-0.15, -0.1) is 0 Å². The van der Waals surface area contributed by atoms with Crippen molar-refractivity contribution in [2.45, 2.75) is 39.3 Å². The average Bonchev–Trinajstić information content (AvgIpc) is 2.64. The zero-order valence-electron chi connectivity index (χ0n) is 10.2. The Balaban J connectivity index is 2.80. The van der Waals surface area contributed by atoms with Crippen molar-refractivity contribution in [3.63, 3.8) is 0 Å². The molecule has 16 heavy (non-hydrogen) atoms. The summed E-state index contributed by atoms with van der Waals surface area (Å²) < 4.78 is 5.51. The molecule has 90 valence electrons. The highest BCUT2D eigenvalue weighted by Gasteiger charge is 2.26. The van der Waals surface area contributed by atoms with Gasteiger partial charge in [0.05, 0.1) is 6.04 Å². The van der Waals surface area contributed by atoms with Gasteiger partial charge in [-0.2, -0.15) is 0 Å². The maximum Gasteiger partial charge on any atom is 0.320 e. The topological polar surface area (TPSA) is 53.7 Å². The molecule has 0 saturated heterocycles. The van der Waals surface area contributed by atoms with Crippen LogP contribution in [-0.4, -0.2) is 29.1 Å². The number of aryl methyl sites for hydroxylation is 1. The fourth-order valence-corrected chi connectivity index (χ4v) is 1.79. The number of carboxylic acid groups (broad SMARTS) is 1. The molecule has 2 atom stereocenters. The number of hydrogen-bond donors (Lipinski definition) is 1. The lowest BCUT2D eigenvalue weighted by Gasteiger charge is -2.28. The Morgan fingerprint density at radius 2 is 2.19 bits per heavy atom. The van der Waals surface area contributed by atoms with E-state index in [1.165, 1.54) is 0 Å². The molecular formula is C12H19NO3. The van der Waals surface area contributed by atoms with Gasteiger partial charge in [0.25, 0.3) is 0 Å². The maximum absolute atomic E-state index is 11.0. The number of carboxylic acids is 1. The van der Waals surface area contributed by atoms with Crippen LogP contribution in [0.2, 0.25) is 0 Å². The molecule has 0 bridgehead atoms. The van der Waals surface area contributed by atoms with Crippen molar-refractivity contribution in [2.75, 3.05) is 7.05 Å². The van der Waals surface area contributed by atoms with Gasteiger partial charge in [-0.1, -0.05) is 6.92 Å². The Morgan fingerprint density at radius 3 is 2.56 bits per heavy atom. The van der Waals surface area contributed by atoms with Gasteiger partial charge in [-0.25, -0.2) is 0 Å². The Labute approximate surface area is 95.9 Å². The molecular weight excluding hydrogens is 206 g/mol. The van der Waals surface area contributed by atoms with Gasteiger partial charge in [-0.3, -0.25) is 9.69 Å². The summed E-state index contributed by atoms with van der Waals surface area (Å²) in [6.07, 6.45) is 0.579. The van der Waals surface area contributed by atoms with E-state index in [-0.39, 0.29) is 6.04 Å². The van der Waals surface area contributed by atoms with Crippen LogP contribution < -0.4 is 0 Å². The molecule has 2 unspecified atom stereocenters. The monoisotopic (exact) mass is 225 g/mol. The molecule has 0 spiro atoms. The Kier molecular flexibility index (Phi) is 4.12. The van der Waals surface area contributed by atoms with E-state index in [4.69, 9.17) is 9.52 Å². The van der Waals surface area contributed by atoms with Crippen LogP contribution in [0.4, 0.5) is 0 Å². The highest BCUT2D eigenvalue weighted by molar-refractivity contribution is 5.73. The van der Waals surface area contributed by atoms with Crippen LogP contribution >= 0.6 is 0 Å². The third kappa shape index (κ3) is 2.64. The Bertz CT molecular complexity index is 359. The first-order chi connectivity index (χ1) is 7.47. The molecule has 0 radical (unpaired) electrons. The summed E-state index contributed by atoms with van der Waals surface area (Å²) in [5, 5.41) is 9.07. The number of carbonyl (C=O) groups is 1. The number of nitrogens with zero attached hydrogens (tertiary/aromatic N) is 1. The van der Waals surface area contributed by atoms with Crippen LogP contribution in [0.25, 0.3) is 0 Å². The summed E-state index contributed by atoms with van der Waals surface area (Å²) in [6, 6.07) is 3.28. The van der Waals surface area contributed by atoms with Gasteiger partial charge < -0.3 is 9.52 Å². The lowest BCUT2D eigenvalue weighted by Crippen LogP contribution is -2.39. The van der Waals surface area contributed by atoms with E-state index in [1.54, 1.807) is 0 Å². The molecule has 1 heterocycles.